The molecular formula is C19H15N7O2. The van der Waals surface area contributed by atoms with Crippen molar-refractivity contribution >= 4 is 22.7 Å². The molecule has 0 radical (unpaired) electrons. The first-order valence-electron chi connectivity index (χ1n) is 8.70. The van der Waals surface area contributed by atoms with Gasteiger partial charge in [0.05, 0.1) is 29.2 Å². The summed E-state index contributed by atoms with van der Waals surface area (Å²) in [4.78, 5) is 20.3. The molecule has 0 unspecified atom stereocenters. The molecule has 138 valence electrons. The summed E-state index contributed by atoms with van der Waals surface area (Å²) in [6.07, 6.45) is 4.83. The molecule has 1 aliphatic rings. The summed E-state index contributed by atoms with van der Waals surface area (Å²) in [5.74, 6) is -0.491. The Balaban J connectivity index is 1.85. The monoisotopic (exact) mass is 373 g/mol. The lowest BCUT2D eigenvalue weighted by Crippen LogP contribution is -2.16. The van der Waals surface area contributed by atoms with Crippen molar-refractivity contribution in [2.24, 2.45) is 0 Å². The van der Waals surface area contributed by atoms with Crippen molar-refractivity contribution in [1.82, 2.24) is 19.7 Å². The Kier molecular flexibility index (Phi) is 4.13. The first kappa shape index (κ1) is 17.4. The molecule has 0 aliphatic heterocycles. The van der Waals surface area contributed by atoms with Gasteiger partial charge in [-0.1, -0.05) is 0 Å². The van der Waals surface area contributed by atoms with E-state index in [-0.39, 0.29) is 11.3 Å². The van der Waals surface area contributed by atoms with E-state index >= 15 is 0 Å². The molecule has 0 aromatic carbocycles. The highest BCUT2D eigenvalue weighted by Gasteiger charge is 2.29. The first-order chi connectivity index (χ1) is 13.5. The Bertz CT molecular complexity index is 1180. The zero-order valence-corrected chi connectivity index (χ0v) is 14.9. The van der Waals surface area contributed by atoms with Crippen LogP contribution < -0.4 is 5.32 Å². The fraction of sp³-hybridized carbons (Fsp3) is 0.263. The molecule has 3 heterocycles. The number of pyridine rings is 2. The average Bonchev–Trinajstić information content (AvgIpc) is 3.46. The highest BCUT2D eigenvalue weighted by Crippen LogP contribution is 2.41. The number of nitrogens with zero attached hydrogens (tertiary/aromatic N) is 6. The SMILES string of the molecule is C[C@H](C#N)Nc1cc(-n2ncc3cc(C#N)c(C4CC4)nc32)ncc1C(=O)O. The number of aromatic nitrogens is 4. The number of fused-ring (bicyclic) bond motifs is 1. The maximum absolute atomic E-state index is 11.5. The number of nitriles is 2. The Morgan fingerprint density at radius 2 is 2.14 bits per heavy atom. The van der Waals surface area contributed by atoms with Crippen LogP contribution in [0.25, 0.3) is 16.9 Å². The van der Waals surface area contributed by atoms with Crippen molar-refractivity contribution in [3.8, 4) is 18.0 Å². The molecule has 2 N–H and O–H groups in total. The molecule has 0 bridgehead atoms. The highest BCUT2D eigenvalue weighted by molar-refractivity contribution is 5.94. The molecule has 4 rings (SSSR count). The van der Waals surface area contributed by atoms with E-state index < -0.39 is 12.0 Å². The topological polar surface area (TPSA) is 141 Å². The number of carboxylic acids is 1. The highest BCUT2D eigenvalue weighted by atomic mass is 16.4. The van der Waals surface area contributed by atoms with Gasteiger partial charge in [-0.3, -0.25) is 0 Å². The summed E-state index contributed by atoms with van der Waals surface area (Å²) in [7, 11) is 0. The fourth-order valence-electron chi connectivity index (χ4n) is 3.01. The van der Waals surface area contributed by atoms with Crippen LogP contribution in [0.5, 0.6) is 0 Å². The minimum atomic E-state index is -1.15. The van der Waals surface area contributed by atoms with Gasteiger partial charge in [-0.15, -0.1) is 0 Å². The summed E-state index contributed by atoms with van der Waals surface area (Å²) in [6.45, 7) is 1.63. The van der Waals surface area contributed by atoms with E-state index in [4.69, 9.17) is 5.26 Å². The molecule has 28 heavy (non-hydrogen) atoms. The fourth-order valence-corrected chi connectivity index (χ4v) is 3.01. The van der Waals surface area contributed by atoms with Gasteiger partial charge in [0, 0.05) is 23.6 Å². The molecule has 0 saturated heterocycles. The van der Waals surface area contributed by atoms with Gasteiger partial charge >= 0.3 is 5.97 Å². The van der Waals surface area contributed by atoms with Crippen molar-refractivity contribution in [3.63, 3.8) is 0 Å². The van der Waals surface area contributed by atoms with Crippen LogP contribution in [0.3, 0.4) is 0 Å². The van der Waals surface area contributed by atoms with E-state index in [1.807, 2.05) is 6.07 Å². The predicted octanol–water partition coefficient (Wildman–Crippen LogP) is 2.59. The normalized spacial score (nSPS) is 14.2. The van der Waals surface area contributed by atoms with Crippen LogP contribution in [0.2, 0.25) is 0 Å². The second-order valence-corrected chi connectivity index (χ2v) is 6.66. The summed E-state index contributed by atoms with van der Waals surface area (Å²) in [5, 5.41) is 35.7. The number of carbonyl (C=O) groups is 1. The van der Waals surface area contributed by atoms with Crippen LogP contribution in [-0.4, -0.2) is 36.9 Å². The van der Waals surface area contributed by atoms with Crippen molar-refractivity contribution in [3.05, 3.63) is 41.3 Å². The number of anilines is 1. The van der Waals surface area contributed by atoms with Crippen molar-refractivity contribution in [1.29, 1.82) is 10.5 Å². The zero-order chi connectivity index (χ0) is 19.8. The molecule has 9 heteroatoms. The number of hydrogen-bond donors (Lipinski definition) is 2. The van der Waals surface area contributed by atoms with Crippen molar-refractivity contribution in [2.45, 2.75) is 31.7 Å². The maximum Gasteiger partial charge on any atom is 0.339 e. The molecule has 0 spiro atoms. The molecule has 1 fully saturated rings. The van der Waals surface area contributed by atoms with Gasteiger partial charge in [-0.25, -0.2) is 14.8 Å². The zero-order valence-electron chi connectivity index (χ0n) is 14.9. The average molecular weight is 373 g/mol. The summed E-state index contributed by atoms with van der Waals surface area (Å²) >= 11 is 0. The standard InChI is InChI=1S/C19H15N7O2/c1-10(6-20)24-15-5-16(22-9-14(15)19(27)28)26-18-13(8-23-26)4-12(7-21)17(25-18)11-2-3-11/h4-5,8-11H,2-3H2,1H3,(H,22,24)(H,27,28)/t10-/m1/s1. The Hall–Kier alpha value is -3.98. The van der Waals surface area contributed by atoms with Crippen LogP contribution in [0.4, 0.5) is 5.69 Å². The largest absolute Gasteiger partial charge is 0.478 e. The van der Waals surface area contributed by atoms with E-state index in [1.165, 1.54) is 16.9 Å². The summed E-state index contributed by atoms with van der Waals surface area (Å²) in [5.41, 5.74) is 2.09. The molecule has 1 atom stereocenters. The minimum absolute atomic E-state index is 0.0410. The third-order valence-electron chi connectivity index (χ3n) is 4.56. The number of nitrogens with one attached hydrogen (secondary N) is 1. The number of hydrogen-bond acceptors (Lipinski definition) is 7. The van der Waals surface area contributed by atoms with Crippen LogP contribution in [0.1, 0.15) is 47.3 Å². The third kappa shape index (κ3) is 2.99. The van der Waals surface area contributed by atoms with Crippen LogP contribution in [-0.2, 0) is 0 Å². The molecular weight excluding hydrogens is 358 g/mol. The molecule has 3 aromatic rings. The second kappa shape index (κ2) is 6.63. The van der Waals surface area contributed by atoms with Gasteiger partial charge in [0.25, 0.3) is 0 Å². The minimum Gasteiger partial charge on any atom is -0.478 e. The molecule has 3 aromatic heterocycles. The van der Waals surface area contributed by atoms with E-state index in [1.54, 1.807) is 19.2 Å². The van der Waals surface area contributed by atoms with Crippen molar-refractivity contribution in [2.75, 3.05) is 5.32 Å². The van der Waals surface area contributed by atoms with Crippen LogP contribution in [0.15, 0.2) is 24.5 Å². The summed E-state index contributed by atoms with van der Waals surface area (Å²) in [6, 6.07) is 6.92. The van der Waals surface area contributed by atoms with E-state index in [2.05, 4.69) is 26.5 Å². The van der Waals surface area contributed by atoms with E-state index in [9.17, 15) is 15.2 Å². The number of carboxylic acid groups (broad SMARTS) is 1. The third-order valence-corrected chi connectivity index (χ3v) is 4.56. The molecule has 9 nitrogen and oxygen atoms in total. The van der Waals surface area contributed by atoms with Gasteiger partial charge in [0.15, 0.2) is 11.5 Å². The van der Waals surface area contributed by atoms with E-state index in [0.29, 0.717) is 28.3 Å². The van der Waals surface area contributed by atoms with Crippen LogP contribution in [0, 0.1) is 22.7 Å². The summed E-state index contributed by atoms with van der Waals surface area (Å²) < 4.78 is 1.51. The molecule has 1 aliphatic carbocycles. The Labute approximate surface area is 159 Å². The van der Waals surface area contributed by atoms with E-state index in [0.717, 1.165) is 18.5 Å². The van der Waals surface area contributed by atoms with Gasteiger partial charge in [-0.2, -0.15) is 20.3 Å². The van der Waals surface area contributed by atoms with Gasteiger partial charge < -0.3 is 10.4 Å². The Morgan fingerprint density at radius 1 is 1.36 bits per heavy atom. The maximum atomic E-state index is 11.5. The lowest BCUT2D eigenvalue weighted by atomic mass is 10.1. The second-order valence-electron chi connectivity index (χ2n) is 6.66. The number of rotatable bonds is 5. The smallest absolute Gasteiger partial charge is 0.339 e. The van der Waals surface area contributed by atoms with Crippen molar-refractivity contribution < 1.29 is 9.90 Å². The quantitative estimate of drug-likeness (QED) is 0.695. The Morgan fingerprint density at radius 3 is 2.79 bits per heavy atom. The predicted molar refractivity (Wildman–Crippen MR) is 99.0 cm³/mol. The first-order valence-corrected chi connectivity index (χ1v) is 8.70. The van der Waals surface area contributed by atoms with Crippen LogP contribution >= 0.6 is 0 Å². The number of aromatic carboxylic acids is 1. The van der Waals surface area contributed by atoms with Gasteiger partial charge in [0.2, 0.25) is 0 Å². The lowest BCUT2D eigenvalue weighted by molar-refractivity contribution is 0.0697. The molecule has 0 amide bonds. The molecule has 1 saturated carbocycles. The van der Waals surface area contributed by atoms with Gasteiger partial charge in [-0.05, 0) is 25.8 Å². The lowest BCUT2D eigenvalue weighted by Gasteiger charge is -2.12. The van der Waals surface area contributed by atoms with Gasteiger partial charge in [0.1, 0.15) is 17.7 Å².